The third-order valence-corrected chi connectivity index (χ3v) is 6.94. The second kappa shape index (κ2) is 8.98. The summed E-state index contributed by atoms with van der Waals surface area (Å²) in [5.41, 5.74) is 3.08. The first-order valence-electron chi connectivity index (χ1n) is 11.8. The van der Waals surface area contributed by atoms with Crippen LogP contribution in [0.25, 0.3) is 10.9 Å². The number of carbonyl (C=O) groups is 1. The number of carbonyl (C=O) groups excluding carboxylic acids is 1. The topological polar surface area (TPSA) is 90.4 Å². The van der Waals surface area contributed by atoms with E-state index in [0.29, 0.717) is 12.4 Å². The molecule has 0 spiro atoms. The largest absolute Gasteiger partial charge is 0.390 e. The van der Waals surface area contributed by atoms with Crippen LogP contribution in [0.15, 0.2) is 48.5 Å². The summed E-state index contributed by atoms with van der Waals surface area (Å²) in [5, 5.41) is 18.1. The van der Waals surface area contributed by atoms with Crippen LogP contribution in [0.3, 0.4) is 0 Å². The van der Waals surface area contributed by atoms with E-state index in [4.69, 9.17) is 9.97 Å². The Morgan fingerprint density at radius 3 is 2.52 bits per heavy atom. The van der Waals surface area contributed by atoms with Gasteiger partial charge in [-0.05, 0) is 48.9 Å². The lowest BCUT2D eigenvalue weighted by molar-refractivity contribution is -0.127. The van der Waals surface area contributed by atoms with Crippen molar-refractivity contribution in [3.8, 4) is 0 Å². The van der Waals surface area contributed by atoms with Crippen molar-refractivity contribution in [3.05, 3.63) is 59.7 Å². The number of rotatable bonds is 5. The molecule has 172 valence electrons. The van der Waals surface area contributed by atoms with Crippen molar-refractivity contribution in [3.63, 3.8) is 0 Å². The molecule has 0 radical (unpaired) electrons. The fraction of sp³-hybridized carbons (Fsp3) is 0.423. The average Bonchev–Trinajstić information content (AvgIpc) is 3.13. The molecule has 1 amide bonds. The standard InChI is InChI=1S/C26H31N5O2/c1-31(2)24-20-9-5-6-10-21(20)28-26(30-24)27-18-13-11-16(12-14-18)25(33)29-23-19-8-4-3-7-17(19)15-22(23)32/h3-10,16,18,22-23,32H,11-15H2,1-2H3,(H,29,33)(H,27,28,30)/t16?,18?,22-,23+/m0/s1. The van der Waals surface area contributed by atoms with E-state index in [1.807, 2.05) is 67.5 Å². The van der Waals surface area contributed by atoms with Crippen molar-refractivity contribution < 1.29 is 9.90 Å². The van der Waals surface area contributed by atoms with E-state index in [9.17, 15) is 9.90 Å². The van der Waals surface area contributed by atoms with Crippen molar-refractivity contribution in [2.24, 2.45) is 5.92 Å². The second-order valence-corrected chi connectivity index (χ2v) is 9.43. The molecule has 0 saturated heterocycles. The molecule has 3 aromatic rings. The van der Waals surface area contributed by atoms with Gasteiger partial charge < -0.3 is 20.6 Å². The molecule has 33 heavy (non-hydrogen) atoms. The Balaban J connectivity index is 1.21. The molecule has 0 aliphatic heterocycles. The van der Waals surface area contributed by atoms with Gasteiger partial charge in [0.05, 0.1) is 17.7 Å². The van der Waals surface area contributed by atoms with Crippen LogP contribution in [0, 0.1) is 5.92 Å². The summed E-state index contributed by atoms with van der Waals surface area (Å²) in [6, 6.07) is 15.9. The molecule has 0 unspecified atom stereocenters. The molecule has 7 heteroatoms. The van der Waals surface area contributed by atoms with Crippen LogP contribution in [0.4, 0.5) is 11.8 Å². The number of nitrogens with one attached hydrogen (secondary N) is 2. The molecule has 5 rings (SSSR count). The molecule has 1 heterocycles. The van der Waals surface area contributed by atoms with Crippen LogP contribution in [0.2, 0.25) is 0 Å². The lowest BCUT2D eigenvalue weighted by atomic mass is 9.85. The number of aliphatic hydroxyl groups excluding tert-OH is 1. The maximum atomic E-state index is 13.0. The first-order valence-corrected chi connectivity index (χ1v) is 11.8. The number of hydrogen-bond donors (Lipinski definition) is 3. The zero-order valence-corrected chi connectivity index (χ0v) is 19.2. The maximum absolute atomic E-state index is 13.0. The van der Waals surface area contributed by atoms with Crippen molar-refractivity contribution in [1.82, 2.24) is 15.3 Å². The molecular formula is C26H31N5O2. The van der Waals surface area contributed by atoms with E-state index >= 15 is 0 Å². The molecule has 1 saturated carbocycles. The Morgan fingerprint density at radius 2 is 1.73 bits per heavy atom. The third-order valence-electron chi connectivity index (χ3n) is 6.94. The van der Waals surface area contributed by atoms with Crippen LogP contribution in [-0.2, 0) is 11.2 Å². The van der Waals surface area contributed by atoms with Crippen molar-refractivity contribution in [2.75, 3.05) is 24.3 Å². The minimum Gasteiger partial charge on any atom is -0.390 e. The maximum Gasteiger partial charge on any atom is 0.225 e. The quantitative estimate of drug-likeness (QED) is 0.557. The summed E-state index contributed by atoms with van der Waals surface area (Å²) in [6.07, 6.45) is 3.42. The highest BCUT2D eigenvalue weighted by Crippen LogP contribution is 2.33. The summed E-state index contributed by atoms with van der Waals surface area (Å²) in [6.45, 7) is 0. The predicted octanol–water partition coefficient (Wildman–Crippen LogP) is 3.44. The van der Waals surface area contributed by atoms with Gasteiger partial charge in [-0.1, -0.05) is 36.4 Å². The average molecular weight is 446 g/mol. The Kier molecular flexibility index (Phi) is 5.89. The summed E-state index contributed by atoms with van der Waals surface area (Å²) in [5.74, 6) is 1.55. The number of aliphatic hydroxyl groups is 1. The van der Waals surface area contributed by atoms with Gasteiger partial charge in [-0.2, -0.15) is 4.98 Å². The summed E-state index contributed by atoms with van der Waals surface area (Å²) < 4.78 is 0. The summed E-state index contributed by atoms with van der Waals surface area (Å²) in [7, 11) is 3.98. The van der Waals surface area contributed by atoms with Gasteiger partial charge >= 0.3 is 0 Å². The molecule has 1 fully saturated rings. The minimum absolute atomic E-state index is 0.0297. The van der Waals surface area contributed by atoms with Crippen LogP contribution in [0.1, 0.15) is 42.9 Å². The Morgan fingerprint density at radius 1 is 1.00 bits per heavy atom. The smallest absolute Gasteiger partial charge is 0.225 e. The number of amides is 1. The third kappa shape index (κ3) is 4.37. The van der Waals surface area contributed by atoms with E-state index in [2.05, 4.69) is 10.6 Å². The monoisotopic (exact) mass is 445 g/mol. The fourth-order valence-electron chi connectivity index (χ4n) is 5.17. The Bertz CT molecular complexity index is 1160. The van der Waals surface area contributed by atoms with Gasteiger partial charge in [0.25, 0.3) is 0 Å². The van der Waals surface area contributed by atoms with Crippen molar-refractivity contribution in [1.29, 1.82) is 0 Å². The van der Waals surface area contributed by atoms with E-state index < -0.39 is 6.10 Å². The van der Waals surface area contributed by atoms with E-state index in [-0.39, 0.29) is 23.9 Å². The minimum atomic E-state index is -0.555. The summed E-state index contributed by atoms with van der Waals surface area (Å²) >= 11 is 0. The van der Waals surface area contributed by atoms with Gasteiger partial charge in [0.15, 0.2) is 0 Å². The van der Waals surface area contributed by atoms with E-state index in [1.54, 1.807) is 0 Å². The fourth-order valence-corrected chi connectivity index (χ4v) is 5.17. The molecule has 2 aliphatic rings. The summed E-state index contributed by atoms with van der Waals surface area (Å²) in [4.78, 5) is 24.4. The van der Waals surface area contributed by atoms with Crippen LogP contribution in [-0.4, -0.2) is 47.2 Å². The van der Waals surface area contributed by atoms with Gasteiger partial charge in [0.2, 0.25) is 11.9 Å². The number of nitrogens with zero attached hydrogens (tertiary/aromatic N) is 3. The lowest BCUT2D eigenvalue weighted by Gasteiger charge is -2.30. The van der Waals surface area contributed by atoms with Gasteiger partial charge in [-0.15, -0.1) is 0 Å². The number of aromatic nitrogens is 2. The highest BCUT2D eigenvalue weighted by atomic mass is 16.3. The number of hydrogen-bond acceptors (Lipinski definition) is 6. The highest BCUT2D eigenvalue weighted by molar-refractivity contribution is 5.90. The number of anilines is 2. The van der Waals surface area contributed by atoms with Crippen molar-refractivity contribution >= 4 is 28.6 Å². The van der Waals surface area contributed by atoms with Gasteiger partial charge in [-0.25, -0.2) is 4.98 Å². The molecule has 0 bridgehead atoms. The van der Waals surface area contributed by atoms with Gasteiger partial charge in [0.1, 0.15) is 5.82 Å². The van der Waals surface area contributed by atoms with Crippen LogP contribution in [0.5, 0.6) is 0 Å². The first-order chi connectivity index (χ1) is 16.0. The zero-order chi connectivity index (χ0) is 22.9. The zero-order valence-electron chi connectivity index (χ0n) is 19.2. The Labute approximate surface area is 194 Å². The van der Waals surface area contributed by atoms with Crippen LogP contribution >= 0.6 is 0 Å². The SMILES string of the molecule is CN(C)c1nc(NC2CCC(C(=O)N[C@@H]3c4ccccc4C[C@@H]3O)CC2)nc2ccccc12. The molecular weight excluding hydrogens is 414 g/mol. The molecule has 7 nitrogen and oxygen atoms in total. The second-order valence-electron chi connectivity index (χ2n) is 9.43. The van der Waals surface area contributed by atoms with Gasteiger partial charge in [-0.3, -0.25) is 4.79 Å². The molecule has 2 aliphatic carbocycles. The number of fused-ring (bicyclic) bond motifs is 2. The van der Waals surface area contributed by atoms with E-state index in [1.165, 1.54) is 0 Å². The highest BCUT2D eigenvalue weighted by Gasteiger charge is 2.34. The Hall–Kier alpha value is -3.19. The predicted molar refractivity (Wildman–Crippen MR) is 130 cm³/mol. The number of para-hydroxylation sites is 1. The van der Waals surface area contributed by atoms with Gasteiger partial charge in [0, 0.05) is 37.9 Å². The number of benzene rings is 2. The first kappa shape index (κ1) is 21.6. The molecule has 2 aromatic carbocycles. The molecule has 3 N–H and O–H groups in total. The molecule has 1 aromatic heterocycles. The lowest BCUT2D eigenvalue weighted by Crippen LogP contribution is -2.40. The van der Waals surface area contributed by atoms with E-state index in [0.717, 1.165) is 53.5 Å². The molecule has 2 atom stereocenters. The van der Waals surface area contributed by atoms with Crippen LogP contribution < -0.4 is 15.5 Å². The van der Waals surface area contributed by atoms with Crippen molar-refractivity contribution in [2.45, 2.75) is 50.3 Å². The normalized spacial score (nSPS) is 24.3.